The molecular weight excluding hydrogens is 236 g/mol. The van der Waals surface area contributed by atoms with E-state index in [4.69, 9.17) is 0 Å². The Morgan fingerprint density at radius 1 is 1.31 bits per heavy atom. The van der Waals surface area contributed by atoms with E-state index in [9.17, 15) is 0 Å². The monoisotopic (exact) mass is 252 g/mol. The SMILES string of the molecule is CCc1nc(CN(C)Cc2ccsc2)cs1. The van der Waals surface area contributed by atoms with Crippen LogP contribution in [-0.4, -0.2) is 16.9 Å². The molecule has 0 spiro atoms. The first-order chi connectivity index (χ1) is 7.78. The lowest BCUT2D eigenvalue weighted by Gasteiger charge is -2.13. The summed E-state index contributed by atoms with van der Waals surface area (Å²) in [5.41, 5.74) is 2.58. The summed E-state index contributed by atoms with van der Waals surface area (Å²) in [6, 6.07) is 2.18. The lowest BCUT2D eigenvalue weighted by molar-refractivity contribution is 0.316. The maximum absolute atomic E-state index is 4.58. The van der Waals surface area contributed by atoms with Gasteiger partial charge in [0, 0.05) is 18.5 Å². The maximum atomic E-state index is 4.58. The van der Waals surface area contributed by atoms with Gasteiger partial charge in [0.2, 0.25) is 0 Å². The van der Waals surface area contributed by atoms with E-state index in [0.717, 1.165) is 19.5 Å². The van der Waals surface area contributed by atoms with Crippen molar-refractivity contribution in [3.8, 4) is 0 Å². The van der Waals surface area contributed by atoms with E-state index in [1.54, 1.807) is 22.7 Å². The molecule has 0 saturated carbocycles. The number of thiophene rings is 1. The average Bonchev–Trinajstić information content (AvgIpc) is 2.89. The fraction of sp³-hybridized carbons (Fsp3) is 0.417. The van der Waals surface area contributed by atoms with E-state index >= 15 is 0 Å². The first-order valence-electron chi connectivity index (χ1n) is 5.41. The van der Waals surface area contributed by atoms with Gasteiger partial charge in [-0.05, 0) is 35.9 Å². The molecule has 0 aromatic carbocycles. The van der Waals surface area contributed by atoms with Gasteiger partial charge >= 0.3 is 0 Å². The maximum Gasteiger partial charge on any atom is 0.0926 e. The molecule has 0 aliphatic carbocycles. The van der Waals surface area contributed by atoms with Gasteiger partial charge in [0.15, 0.2) is 0 Å². The quantitative estimate of drug-likeness (QED) is 0.811. The molecule has 16 heavy (non-hydrogen) atoms. The third kappa shape index (κ3) is 3.14. The Hall–Kier alpha value is -0.710. The van der Waals surface area contributed by atoms with Gasteiger partial charge in [-0.3, -0.25) is 4.90 Å². The van der Waals surface area contributed by atoms with Crippen LogP contribution in [-0.2, 0) is 19.5 Å². The van der Waals surface area contributed by atoms with Gasteiger partial charge in [-0.25, -0.2) is 4.98 Å². The van der Waals surface area contributed by atoms with Crippen LogP contribution in [0.3, 0.4) is 0 Å². The van der Waals surface area contributed by atoms with Crippen molar-refractivity contribution in [3.63, 3.8) is 0 Å². The van der Waals surface area contributed by atoms with E-state index in [1.807, 2.05) is 0 Å². The lowest BCUT2D eigenvalue weighted by atomic mass is 10.3. The van der Waals surface area contributed by atoms with Crippen molar-refractivity contribution in [1.29, 1.82) is 0 Å². The molecule has 86 valence electrons. The highest BCUT2D eigenvalue weighted by Gasteiger charge is 2.05. The molecule has 0 radical (unpaired) electrons. The van der Waals surface area contributed by atoms with Crippen molar-refractivity contribution >= 4 is 22.7 Å². The van der Waals surface area contributed by atoms with Crippen LogP contribution in [0.15, 0.2) is 22.2 Å². The molecule has 0 saturated heterocycles. The van der Waals surface area contributed by atoms with Gasteiger partial charge in [-0.15, -0.1) is 11.3 Å². The predicted molar refractivity (Wildman–Crippen MR) is 71.0 cm³/mol. The summed E-state index contributed by atoms with van der Waals surface area (Å²) in [6.07, 6.45) is 1.04. The van der Waals surface area contributed by atoms with Gasteiger partial charge in [0.1, 0.15) is 0 Å². The van der Waals surface area contributed by atoms with Crippen LogP contribution >= 0.6 is 22.7 Å². The van der Waals surface area contributed by atoms with Gasteiger partial charge < -0.3 is 0 Å². The van der Waals surface area contributed by atoms with E-state index in [0.29, 0.717) is 0 Å². The second kappa shape index (κ2) is 5.57. The summed E-state index contributed by atoms with van der Waals surface area (Å²) < 4.78 is 0. The number of hydrogen-bond donors (Lipinski definition) is 0. The topological polar surface area (TPSA) is 16.1 Å². The molecule has 0 amide bonds. The van der Waals surface area contributed by atoms with Gasteiger partial charge in [-0.2, -0.15) is 11.3 Å². The molecule has 0 bridgehead atoms. The summed E-state index contributed by atoms with van der Waals surface area (Å²) in [5, 5.41) is 7.73. The van der Waals surface area contributed by atoms with Crippen LogP contribution in [0.2, 0.25) is 0 Å². The molecule has 0 N–H and O–H groups in total. The Morgan fingerprint density at radius 2 is 2.19 bits per heavy atom. The minimum Gasteiger partial charge on any atom is -0.296 e. The van der Waals surface area contributed by atoms with Crippen LogP contribution in [0.4, 0.5) is 0 Å². The van der Waals surface area contributed by atoms with Crippen molar-refractivity contribution in [1.82, 2.24) is 9.88 Å². The predicted octanol–water partition coefficient (Wildman–Crippen LogP) is 3.40. The summed E-state index contributed by atoms with van der Waals surface area (Å²) >= 11 is 3.52. The third-order valence-electron chi connectivity index (χ3n) is 2.37. The molecule has 0 aliphatic heterocycles. The Kier molecular flexibility index (Phi) is 4.09. The summed E-state index contributed by atoms with van der Waals surface area (Å²) in [4.78, 5) is 6.88. The number of hydrogen-bond acceptors (Lipinski definition) is 4. The Labute approximate surface area is 105 Å². The van der Waals surface area contributed by atoms with E-state index in [-0.39, 0.29) is 0 Å². The van der Waals surface area contributed by atoms with Crippen molar-refractivity contribution < 1.29 is 0 Å². The van der Waals surface area contributed by atoms with Crippen molar-refractivity contribution in [3.05, 3.63) is 38.5 Å². The van der Waals surface area contributed by atoms with Crippen LogP contribution in [0.25, 0.3) is 0 Å². The Bertz CT molecular complexity index is 420. The number of aryl methyl sites for hydroxylation is 1. The molecule has 2 heterocycles. The molecule has 0 aliphatic rings. The van der Waals surface area contributed by atoms with Crippen LogP contribution in [0, 0.1) is 0 Å². The zero-order chi connectivity index (χ0) is 11.4. The third-order valence-corrected chi connectivity index (χ3v) is 4.14. The first-order valence-corrected chi connectivity index (χ1v) is 7.23. The fourth-order valence-electron chi connectivity index (χ4n) is 1.61. The van der Waals surface area contributed by atoms with Crippen LogP contribution in [0.5, 0.6) is 0 Å². The summed E-state index contributed by atoms with van der Waals surface area (Å²) in [7, 11) is 2.14. The molecule has 0 fully saturated rings. The van der Waals surface area contributed by atoms with E-state index in [2.05, 4.69) is 46.1 Å². The van der Waals surface area contributed by atoms with Gasteiger partial charge in [0.05, 0.1) is 10.7 Å². The number of thiazole rings is 1. The molecule has 2 aromatic heterocycles. The number of aromatic nitrogens is 1. The van der Waals surface area contributed by atoms with Crippen molar-refractivity contribution in [2.75, 3.05) is 7.05 Å². The second-order valence-corrected chi connectivity index (χ2v) is 5.61. The molecule has 4 heteroatoms. The second-order valence-electron chi connectivity index (χ2n) is 3.89. The van der Waals surface area contributed by atoms with Crippen molar-refractivity contribution in [2.45, 2.75) is 26.4 Å². The normalized spacial score (nSPS) is 11.2. The van der Waals surface area contributed by atoms with Gasteiger partial charge in [-0.1, -0.05) is 6.92 Å². The Morgan fingerprint density at radius 3 is 2.81 bits per heavy atom. The first kappa shape index (κ1) is 11.8. The number of rotatable bonds is 5. The molecule has 2 rings (SSSR count). The lowest BCUT2D eigenvalue weighted by Crippen LogP contribution is -2.17. The summed E-state index contributed by atoms with van der Waals surface area (Å²) in [6.45, 7) is 4.09. The minimum atomic E-state index is 0.937. The molecular formula is C12H16N2S2. The van der Waals surface area contributed by atoms with E-state index < -0.39 is 0 Å². The molecule has 0 atom stereocenters. The Balaban J connectivity index is 1.89. The minimum absolute atomic E-state index is 0.937. The zero-order valence-electron chi connectivity index (χ0n) is 9.64. The molecule has 2 nitrogen and oxygen atoms in total. The van der Waals surface area contributed by atoms with Gasteiger partial charge in [0.25, 0.3) is 0 Å². The highest BCUT2D eigenvalue weighted by atomic mass is 32.1. The highest BCUT2D eigenvalue weighted by Crippen LogP contribution is 2.14. The van der Waals surface area contributed by atoms with Crippen molar-refractivity contribution in [2.24, 2.45) is 0 Å². The van der Waals surface area contributed by atoms with Crippen LogP contribution < -0.4 is 0 Å². The van der Waals surface area contributed by atoms with Crippen LogP contribution in [0.1, 0.15) is 23.2 Å². The number of nitrogens with zero attached hydrogens (tertiary/aromatic N) is 2. The highest BCUT2D eigenvalue weighted by molar-refractivity contribution is 7.09. The smallest absolute Gasteiger partial charge is 0.0926 e. The average molecular weight is 252 g/mol. The van der Waals surface area contributed by atoms with E-state index in [1.165, 1.54) is 16.3 Å². The molecule has 0 unspecified atom stereocenters. The fourth-order valence-corrected chi connectivity index (χ4v) is 3.01. The standard InChI is InChI=1S/C12H16N2S2/c1-3-12-13-11(9-16-12)7-14(2)6-10-4-5-15-8-10/h4-5,8-9H,3,6-7H2,1-2H3. The summed E-state index contributed by atoms with van der Waals surface area (Å²) in [5.74, 6) is 0. The molecule has 2 aromatic rings. The largest absolute Gasteiger partial charge is 0.296 e. The zero-order valence-corrected chi connectivity index (χ0v) is 11.3.